The number of hydrogen-bond donors (Lipinski definition) is 0. The molecule has 0 aliphatic rings. The largest absolute Gasteiger partial charge is 0.462 e. The van der Waals surface area contributed by atoms with Crippen molar-refractivity contribution in [3.05, 3.63) is 48.6 Å². The summed E-state index contributed by atoms with van der Waals surface area (Å²) in [6.07, 6.45) is 68.6. The zero-order valence-electron chi connectivity index (χ0n) is 44.7. The van der Waals surface area contributed by atoms with Crippen LogP contribution in [0, 0.1) is 0 Å². The summed E-state index contributed by atoms with van der Waals surface area (Å²) in [5.74, 6) is -0.861. The number of hydrogen-bond acceptors (Lipinski definition) is 6. The van der Waals surface area contributed by atoms with E-state index in [9.17, 15) is 14.4 Å². The molecule has 1 atom stereocenters. The molecular formula is C61H110O6. The monoisotopic (exact) mass is 939 g/mol. The van der Waals surface area contributed by atoms with Crippen LogP contribution in [0.15, 0.2) is 48.6 Å². The highest BCUT2D eigenvalue weighted by Gasteiger charge is 2.19. The lowest BCUT2D eigenvalue weighted by molar-refractivity contribution is -0.167. The molecule has 0 rings (SSSR count). The fraction of sp³-hybridized carbons (Fsp3) is 0.820. The smallest absolute Gasteiger partial charge is 0.306 e. The predicted octanol–water partition coefficient (Wildman–Crippen LogP) is 19.4. The van der Waals surface area contributed by atoms with Gasteiger partial charge in [-0.2, -0.15) is 0 Å². The predicted molar refractivity (Wildman–Crippen MR) is 289 cm³/mol. The minimum absolute atomic E-state index is 0.0673. The van der Waals surface area contributed by atoms with E-state index >= 15 is 0 Å². The molecule has 67 heavy (non-hydrogen) atoms. The summed E-state index contributed by atoms with van der Waals surface area (Å²) in [7, 11) is 0. The quantitative estimate of drug-likeness (QED) is 0.0262. The fourth-order valence-electron chi connectivity index (χ4n) is 8.49. The van der Waals surface area contributed by atoms with Crippen LogP contribution >= 0.6 is 0 Å². The van der Waals surface area contributed by atoms with Crippen LogP contribution in [0.2, 0.25) is 0 Å². The summed E-state index contributed by atoms with van der Waals surface area (Å²) in [4.78, 5) is 37.8. The summed E-state index contributed by atoms with van der Waals surface area (Å²) in [5, 5.41) is 0. The van der Waals surface area contributed by atoms with E-state index in [1.165, 1.54) is 180 Å². The fourth-order valence-corrected chi connectivity index (χ4v) is 8.49. The van der Waals surface area contributed by atoms with E-state index in [-0.39, 0.29) is 31.1 Å². The average Bonchev–Trinajstić information content (AvgIpc) is 3.33. The van der Waals surface area contributed by atoms with E-state index in [1.807, 2.05) is 0 Å². The van der Waals surface area contributed by atoms with Gasteiger partial charge in [0, 0.05) is 19.3 Å². The number of carbonyl (C=O) groups is 3. The van der Waals surface area contributed by atoms with Crippen LogP contribution in [-0.4, -0.2) is 37.2 Å². The molecule has 0 amide bonds. The van der Waals surface area contributed by atoms with Gasteiger partial charge in [-0.25, -0.2) is 0 Å². The molecule has 0 heterocycles. The molecule has 0 aliphatic carbocycles. The van der Waals surface area contributed by atoms with Crippen molar-refractivity contribution in [3.63, 3.8) is 0 Å². The number of carbonyl (C=O) groups excluding carboxylic acids is 3. The molecule has 0 aromatic rings. The molecule has 0 radical (unpaired) electrons. The van der Waals surface area contributed by atoms with E-state index in [1.54, 1.807) is 0 Å². The SMILES string of the molecule is CC/C=C\C/C=C\C/C=C\C/C=C\CCCCCCCCCCCCCCCCCCCCC(=O)OCC(COC(=O)CCCCCCCCC)OC(=O)CCCCCCCCCCCCC. The van der Waals surface area contributed by atoms with E-state index in [0.717, 1.165) is 83.5 Å². The van der Waals surface area contributed by atoms with E-state index in [2.05, 4.69) is 69.4 Å². The molecule has 0 N–H and O–H groups in total. The van der Waals surface area contributed by atoms with Crippen LogP contribution in [0.25, 0.3) is 0 Å². The first kappa shape index (κ1) is 64.4. The average molecular weight is 940 g/mol. The minimum atomic E-state index is -0.763. The van der Waals surface area contributed by atoms with E-state index < -0.39 is 6.10 Å². The number of rotatable bonds is 53. The zero-order valence-corrected chi connectivity index (χ0v) is 44.7. The second-order valence-corrected chi connectivity index (χ2v) is 19.5. The van der Waals surface area contributed by atoms with Crippen LogP contribution in [-0.2, 0) is 28.6 Å². The molecule has 390 valence electrons. The second-order valence-electron chi connectivity index (χ2n) is 19.5. The third kappa shape index (κ3) is 54.2. The van der Waals surface area contributed by atoms with Crippen LogP contribution in [0.3, 0.4) is 0 Å². The second kappa shape index (κ2) is 56.0. The summed E-state index contributed by atoms with van der Waals surface area (Å²) in [6, 6.07) is 0. The Balaban J connectivity index is 3.95. The molecule has 0 fully saturated rings. The molecule has 0 saturated carbocycles. The number of ether oxygens (including phenoxy) is 3. The van der Waals surface area contributed by atoms with E-state index in [0.29, 0.717) is 19.3 Å². The molecule has 0 spiro atoms. The molecule has 0 aliphatic heterocycles. The van der Waals surface area contributed by atoms with Gasteiger partial charge in [0.1, 0.15) is 13.2 Å². The lowest BCUT2D eigenvalue weighted by atomic mass is 10.0. The first-order chi connectivity index (χ1) is 33.0. The van der Waals surface area contributed by atoms with Crippen LogP contribution < -0.4 is 0 Å². The number of allylic oxidation sites excluding steroid dienone is 8. The Morgan fingerprint density at radius 3 is 0.910 bits per heavy atom. The molecule has 0 saturated heterocycles. The normalized spacial score (nSPS) is 12.3. The maximum atomic E-state index is 12.7. The van der Waals surface area contributed by atoms with Gasteiger partial charge in [-0.05, 0) is 57.8 Å². The van der Waals surface area contributed by atoms with Crippen molar-refractivity contribution in [2.45, 2.75) is 309 Å². The van der Waals surface area contributed by atoms with Crippen molar-refractivity contribution in [1.29, 1.82) is 0 Å². The Hall–Kier alpha value is -2.63. The lowest BCUT2D eigenvalue weighted by Gasteiger charge is -2.18. The molecule has 6 nitrogen and oxygen atoms in total. The molecule has 6 heteroatoms. The zero-order chi connectivity index (χ0) is 48.6. The third-order valence-electron chi connectivity index (χ3n) is 12.8. The number of unbranched alkanes of at least 4 members (excludes halogenated alkanes) is 34. The van der Waals surface area contributed by atoms with Gasteiger partial charge in [0.25, 0.3) is 0 Å². The van der Waals surface area contributed by atoms with Gasteiger partial charge in [0.15, 0.2) is 6.10 Å². The van der Waals surface area contributed by atoms with Crippen LogP contribution in [0.1, 0.15) is 303 Å². The highest BCUT2D eigenvalue weighted by molar-refractivity contribution is 5.71. The third-order valence-corrected chi connectivity index (χ3v) is 12.8. The van der Waals surface area contributed by atoms with Gasteiger partial charge < -0.3 is 14.2 Å². The first-order valence-electron chi connectivity index (χ1n) is 29.1. The topological polar surface area (TPSA) is 78.9 Å². The van der Waals surface area contributed by atoms with Crippen molar-refractivity contribution < 1.29 is 28.6 Å². The van der Waals surface area contributed by atoms with Crippen LogP contribution in [0.4, 0.5) is 0 Å². The van der Waals surface area contributed by atoms with Crippen molar-refractivity contribution in [2.24, 2.45) is 0 Å². The Morgan fingerprint density at radius 2 is 0.582 bits per heavy atom. The Kier molecular flexibility index (Phi) is 53.8. The van der Waals surface area contributed by atoms with Gasteiger partial charge in [0.2, 0.25) is 0 Å². The summed E-state index contributed by atoms with van der Waals surface area (Å²) in [6.45, 7) is 6.50. The van der Waals surface area contributed by atoms with Crippen molar-refractivity contribution >= 4 is 17.9 Å². The van der Waals surface area contributed by atoms with Gasteiger partial charge >= 0.3 is 17.9 Å². The molecular weight excluding hydrogens is 829 g/mol. The minimum Gasteiger partial charge on any atom is -0.462 e. The number of esters is 3. The van der Waals surface area contributed by atoms with Crippen LogP contribution in [0.5, 0.6) is 0 Å². The van der Waals surface area contributed by atoms with Gasteiger partial charge in [-0.1, -0.05) is 275 Å². The summed E-state index contributed by atoms with van der Waals surface area (Å²) < 4.78 is 16.8. The van der Waals surface area contributed by atoms with Gasteiger partial charge in [-0.15, -0.1) is 0 Å². The highest BCUT2D eigenvalue weighted by atomic mass is 16.6. The summed E-state index contributed by atoms with van der Waals surface area (Å²) in [5.41, 5.74) is 0. The standard InChI is InChI=1S/C61H110O6/c1-4-7-10-13-16-18-20-21-22-23-24-25-26-27-28-29-30-31-32-33-34-35-36-37-38-39-41-42-45-48-51-54-60(63)66-57-58(56-65-59(62)53-50-47-44-15-12-9-6-3)67-61(64)55-52-49-46-43-40-19-17-14-11-8-5-2/h7,10,16,18,21-22,24-25,58H,4-6,8-9,11-15,17,19-20,23,26-57H2,1-3H3/b10-7-,18-16-,22-21-,25-24-. The Morgan fingerprint density at radius 1 is 0.313 bits per heavy atom. The molecule has 1 unspecified atom stereocenters. The summed E-state index contributed by atoms with van der Waals surface area (Å²) >= 11 is 0. The highest BCUT2D eigenvalue weighted by Crippen LogP contribution is 2.17. The Bertz CT molecular complexity index is 1170. The van der Waals surface area contributed by atoms with Crippen molar-refractivity contribution in [3.8, 4) is 0 Å². The van der Waals surface area contributed by atoms with Crippen molar-refractivity contribution in [2.75, 3.05) is 13.2 Å². The maximum Gasteiger partial charge on any atom is 0.306 e. The first-order valence-corrected chi connectivity index (χ1v) is 29.1. The van der Waals surface area contributed by atoms with Crippen molar-refractivity contribution in [1.82, 2.24) is 0 Å². The lowest BCUT2D eigenvalue weighted by Crippen LogP contribution is -2.30. The molecule has 0 aromatic carbocycles. The Labute approximate surface area is 416 Å². The maximum absolute atomic E-state index is 12.7. The molecule has 0 aromatic heterocycles. The molecule has 0 bridgehead atoms. The van der Waals surface area contributed by atoms with Gasteiger partial charge in [0.05, 0.1) is 0 Å². The van der Waals surface area contributed by atoms with E-state index in [4.69, 9.17) is 14.2 Å². The van der Waals surface area contributed by atoms with Gasteiger partial charge in [-0.3, -0.25) is 14.4 Å².